The maximum Gasteiger partial charge on any atom is 0.416 e. The van der Waals surface area contributed by atoms with Crippen LogP contribution in [-0.4, -0.2) is 51.3 Å². The lowest BCUT2D eigenvalue weighted by molar-refractivity contribution is -0.137. The number of nitrogens with one attached hydrogen (secondary N) is 4. The van der Waals surface area contributed by atoms with Crippen molar-refractivity contribution in [2.24, 2.45) is 4.36 Å². The number of benzene rings is 3. The molecule has 1 heterocycles. The molecule has 1 aromatic heterocycles. The van der Waals surface area contributed by atoms with Crippen LogP contribution in [0.1, 0.15) is 12.5 Å². The molecule has 43 heavy (non-hydrogen) atoms. The summed E-state index contributed by atoms with van der Waals surface area (Å²) >= 11 is 0. The average molecular weight is 614 g/mol. The SMILES string of the molecule is CN=S(C)(=O)c1ccc(Nc2ncc(-c3ccc(NC(=O)Nc4cccc(C(F)(F)F)c4)cc3)c(NC(C)CO)n2)cc1. The molecule has 2 atom stereocenters. The highest BCUT2D eigenvalue weighted by molar-refractivity contribution is 7.93. The van der Waals surface area contributed by atoms with Crippen molar-refractivity contribution in [3.8, 4) is 11.1 Å². The van der Waals surface area contributed by atoms with Gasteiger partial charge in [0.15, 0.2) is 0 Å². The van der Waals surface area contributed by atoms with E-state index in [9.17, 15) is 27.3 Å². The number of aliphatic hydroxyl groups excluding tert-OH is 1. The minimum Gasteiger partial charge on any atom is -0.394 e. The number of rotatable bonds is 9. The first-order valence-corrected chi connectivity index (χ1v) is 14.9. The topological polar surface area (TPSA) is 141 Å². The maximum absolute atomic E-state index is 13.0. The van der Waals surface area contributed by atoms with Crippen molar-refractivity contribution in [1.82, 2.24) is 9.97 Å². The lowest BCUT2D eigenvalue weighted by Gasteiger charge is -2.17. The second-order valence-electron chi connectivity index (χ2n) is 9.55. The number of anilines is 5. The van der Waals surface area contributed by atoms with Gasteiger partial charge in [-0.25, -0.2) is 18.4 Å². The molecule has 14 heteroatoms. The van der Waals surface area contributed by atoms with Gasteiger partial charge in [0.05, 0.1) is 21.9 Å². The van der Waals surface area contributed by atoms with Crippen molar-refractivity contribution in [2.75, 3.05) is 41.2 Å². The van der Waals surface area contributed by atoms with E-state index >= 15 is 0 Å². The summed E-state index contributed by atoms with van der Waals surface area (Å²) in [6.45, 7) is 1.64. The fraction of sp³-hybridized carbons (Fsp3) is 0.207. The Balaban J connectivity index is 1.50. The average Bonchev–Trinajstić information content (AvgIpc) is 2.98. The van der Waals surface area contributed by atoms with Gasteiger partial charge < -0.3 is 26.4 Å². The summed E-state index contributed by atoms with van der Waals surface area (Å²) in [6.07, 6.45) is -1.35. The number of urea groups is 1. The number of aliphatic hydroxyl groups is 1. The first-order chi connectivity index (χ1) is 20.4. The van der Waals surface area contributed by atoms with Crippen molar-refractivity contribution >= 4 is 44.6 Å². The number of aromatic nitrogens is 2. The molecule has 0 saturated heterocycles. The van der Waals surface area contributed by atoms with Crippen LogP contribution in [0.3, 0.4) is 0 Å². The minimum atomic E-state index is -4.52. The van der Waals surface area contributed by atoms with Crippen molar-refractivity contribution in [2.45, 2.75) is 24.0 Å². The van der Waals surface area contributed by atoms with Gasteiger partial charge in [0, 0.05) is 53.1 Å². The van der Waals surface area contributed by atoms with Gasteiger partial charge in [-0.15, -0.1) is 0 Å². The Bertz CT molecular complexity index is 1710. The summed E-state index contributed by atoms with van der Waals surface area (Å²) in [5.41, 5.74) is 1.53. The largest absolute Gasteiger partial charge is 0.416 e. The molecule has 3 aromatic carbocycles. The van der Waals surface area contributed by atoms with E-state index in [0.717, 1.165) is 12.1 Å². The zero-order valence-corrected chi connectivity index (χ0v) is 24.3. The number of carbonyl (C=O) groups excluding carboxylic acids is 1. The molecule has 4 rings (SSSR count). The Hall–Kier alpha value is -4.69. The molecule has 2 amide bonds. The van der Waals surface area contributed by atoms with Crippen molar-refractivity contribution in [3.05, 3.63) is 84.6 Å². The van der Waals surface area contributed by atoms with E-state index in [2.05, 4.69) is 35.6 Å². The van der Waals surface area contributed by atoms with Crippen LogP contribution in [0, 0.1) is 0 Å². The summed E-state index contributed by atoms with van der Waals surface area (Å²) in [7, 11) is -0.949. The van der Waals surface area contributed by atoms with Gasteiger partial charge >= 0.3 is 12.2 Å². The molecule has 0 aliphatic rings. The Kier molecular flexibility index (Phi) is 9.51. The number of hydrogen-bond donors (Lipinski definition) is 5. The summed E-state index contributed by atoms with van der Waals surface area (Å²) < 4.78 is 55.3. The van der Waals surface area contributed by atoms with Crippen molar-refractivity contribution < 1.29 is 27.3 Å². The van der Waals surface area contributed by atoms with Crippen LogP contribution in [-0.2, 0) is 15.9 Å². The van der Waals surface area contributed by atoms with Gasteiger partial charge in [0.2, 0.25) is 5.95 Å². The van der Waals surface area contributed by atoms with Gasteiger partial charge in [0.1, 0.15) is 5.82 Å². The van der Waals surface area contributed by atoms with Crippen molar-refractivity contribution in [1.29, 1.82) is 0 Å². The number of carbonyl (C=O) groups is 1. The van der Waals surface area contributed by atoms with Gasteiger partial charge in [0.25, 0.3) is 0 Å². The van der Waals surface area contributed by atoms with Crippen LogP contribution in [0.2, 0.25) is 0 Å². The zero-order chi connectivity index (χ0) is 31.2. The molecule has 5 N–H and O–H groups in total. The molecule has 10 nitrogen and oxygen atoms in total. The number of halogens is 3. The number of nitrogens with zero attached hydrogens (tertiary/aromatic N) is 3. The molecule has 226 valence electrons. The number of alkyl halides is 3. The van der Waals surface area contributed by atoms with E-state index in [1.807, 2.05) is 0 Å². The van der Waals surface area contributed by atoms with Gasteiger partial charge in [-0.1, -0.05) is 18.2 Å². The highest BCUT2D eigenvalue weighted by Crippen LogP contribution is 2.31. The van der Waals surface area contributed by atoms with E-state index in [4.69, 9.17) is 0 Å². The molecule has 2 unspecified atom stereocenters. The molecule has 0 fully saturated rings. The van der Waals surface area contributed by atoms with Crippen LogP contribution in [0.15, 0.2) is 88.3 Å². The lowest BCUT2D eigenvalue weighted by atomic mass is 10.1. The standard InChI is InChI=1S/C29H30F3N7O3S/c1-18(17-40)35-26-25(16-34-27(39-26)36-21-11-13-24(14-12-21)43(3,42)33-2)19-7-9-22(10-8-19)37-28(41)38-23-6-4-5-20(15-23)29(30,31)32/h4-16,18,40H,17H2,1-3H3,(H2,37,38,41)(H2,34,35,36,39). The summed E-state index contributed by atoms with van der Waals surface area (Å²) in [6, 6.07) is 16.9. The van der Waals surface area contributed by atoms with Crippen molar-refractivity contribution in [3.63, 3.8) is 0 Å². The predicted molar refractivity (Wildman–Crippen MR) is 162 cm³/mol. The quantitative estimate of drug-likeness (QED) is 0.147. The second kappa shape index (κ2) is 13.1. The normalized spacial score (nSPS) is 13.4. The summed E-state index contributed by atoms with van der Waals surface area (Å²) in [4.78, 5) is 22.0. The third-order valence-electron chi connectivity index (χ3n) is 6.24. The molecule has 0 aliphatic carbocycles. The van der Waals surface area contributed by atoms with E-state index in [-0.39, 0.29) is 24.3 Å². The maximum atomic E-state index is 13.0. The van der Waals surface area contributed by atoms with E-state index in [1.165, 1.54) is 19.2 Å². The monoisotopic (exact) mass is 613 g/mol. The number of amides is 2. The smallest absolute Gasteiger partial charge is 0.394 e. The van der Waals surface area contributed by atoms with Crippen LogP contribution in [0.25, 0.3) is 11.1 Å². The fourth-order valence-electron chi connectivity index (χ4n) is 3.87. The fourth-order valence-corrected chi connectivity index (χ4v) is 4.72. The van der Waals surface area contributed by atoms with Gasteiger partial charge in [-0.2, -0.15) is 18.2 Å². The second-order valence-corrected chi connectivity index (χ2v) is 12.0. The molecule has 0 saturated carbocycles. The molecular weight excluding hydrogens is 583 g/mol. The highest BCUT2D eigenvalue weighted by Gasteiger charge is 2.30. The lowest BCUT2D eigenvalue weighted by Crippen LogP contribution is -2.21. The first kappa shape index (κ1) is 31.3. The molecule has 0 aliphatic heterocycles. The summed E-state index contributed by atoms with van der Waals surface area (Å²) in [5.74, 6) is 0.728. The van der Waals surface area contributed by atoms with Crippen LogP contribution in [0.5, 0.6) is 0 Å². The van der Waals surface area contributed by atoms with E-state index in [1.54, 1.807) is 67.9 Å². The predicted octanol–water partition coefficient (Wildman–Crippen LogP) is 6.43. The Morgan fingerprint density at radius 2 is 1.65 bits per heavy atom. The Morgan fingerprint density at radius 3 is 2.28 bits per heavy atom. The van der Waals surface area contributed by atoms with Crippen LogP contribution >= 0.6 is 0 Å². The number of hydrogen-bond acceptors (Lipinski definition) is 8. The Morgan fingerprint density at radius 1 is 1.00 bits per heavy atom. The summed E-state index contributed by atoms with van der Waals surface area (Å²) in [5, 5.41) is 20.9. The Labute approximate surface area is 247 Å². The third kappa shape index (κ3) is 8.20. The van der Waals surface area contributed by atoms with E-state index < -0.39 is 27.5 Å². The van der Waals surface area contributed by atoms with Gasteiger partial charge in [-0.05, 0) is 67.1 Å². The van der Waals surface area contributed by atoms with Crippen LogP contribution in [0.4, 0.5) is 46.8 Å². The van der Waals surface area contributed by atoms with Crippen LogP contribution < -0.4 is 21.3 Å². The molecule has 0 radical (unpaired) electrons. The molecule has 4 aromatic rings. The molecule has 0 spiro atoms. The van der Waals surface area contributed by atoms with Gasteiger partial charge in [-0.3, -0.25) is 0 Å². The zero-order valence-electron chi connectivity index (χ0n) is 23.4. The minimum absolute atomic E-state index is 0.000851. The highest BCUT2D eigenvalue weighted by atomic mass is 32.2. The molecular formula is C29H30F3N7O3S. The molecule has 0 bridgehead atoms. The first-order valence-electron chi connectivity index (χ1n) is 13.0. The third-order valence-corrected chi connectivity index (χ3v) is 8.09. The van der Waals surface area contributed by atoms with E-state index in [0.29, 0.717) is 33.2 Å².